The molecule has 0 bridgehead atoms. The number of phenolic OH excluding ortho intramolecular Hbond substituents is 13. The SMILES string of the molecule is Oc1c(O)c2c3c(c(O)c(O)c(O)c3c1O)-c1c3c(O)c(O)c(O)c(O)c3c(-c3cc(-c4ccc5oc6ccc7ccccc7c6c5c4)cc4ccccc34)c3c(O)c(O)c(O)c(c13)[B]2. The highest BCUT2D eigenvalue weighted by molar-refractivity contribution is 6.76. The molecule has 0 saturated heterocycles. The first-order valence-electron chi connectivity index (χ1n) is 19.9. The van der Waals surface area contributed by atoms with Crippen LogP contribution in [-0.2, 0) is 0 Å². The summed E-state index contributed by atoms with van der Waals surface area (Å²) in [5, 5.41) is 151. The van der Waals surface area contributed by atoms with Gasteiger partial charge in [-0.3, -0.25) is 0 Å². The van der Waals surface area contributed by atoms with Crippen molar-refractivity contribution in [2.45, 2.75) is 0 Å². The minimum atomic E-state index is -1.28. The maximum atomic E-state index is 12.2. The average molecular weight is 864 g/mol. The second-order valence-electron chi connectivity index (χ2n) is 16.1. The smallest absolute Gasteiger partial charge is 0.204 e. The Balaban J connectivity index is 1.30. The first-order valence-corrected chi connectivity index (χ1v) is 19.9. The number of hydrogen-bond donors (Lipinski definition) is 13. The summed E-state index contributed by atoms with van der Waals surface area (Å²) in [5.74, 6) is -15.0. The van der Waals surface area contributed by atoms with Crippen LogP contribution in [0.5, 0.6) is 74.7 Å². The first-order chi connectivity index (χ1) is 31.2. The summed E-state index contributed by atoms with van der Waals surface area (Å²) in [5.41, 5.74) is 0.371. The third-order valence-electron chi connectivity index (χ3n) is 12.9. The van der Waals surface area contributed by atoms with E-state index in [4.69, 9.17) is 4.42 Å². The van der Waals surface area contributed by atoms with Crippen LogP contribution >= 0.6 is 0 Å². The number of furan rings is 1. The Morgan fingerprint density at radius 3 is 1.48 bits per heavy atom. The van der Waals surface area contributed by atoms with Crippen molar-refractivity contribution in [1.29, 1.82) is 0 Å². The third-order valence-corrected chi connectivity index (χ3v) is 12.9. The molecule has 13 N–H and O–H groups in total. The average Bonchev–Trinajstić information content (AvgIpc) is 3.62. The third kappa shape index (κ3) is 4.56. The molecule has 0 aliphatic carbocycles. The second kappa shape index (κ2) is 12.4. The lowest BCUT2D eigenvalue weighted by atomic mass is 9.60. The van der Waals surface area contributed by atoms with Gasteiger partial charge in [-0.15, -0.1) is 0 Å². The summed E-state index contributed by atoms with van der Waals surface area (Å²) in [4.78, 5) is 0. The van der Waals surface area contributed by atoms with Crippen LogP contribution in [0.1, 0.15) is 0 Å². The minimum Gasteiger partial charge on any atom is -0.505 e. The summed E-state index contributed by atoms with van der Waals surface area (Å²) in [6, 6.07) is 27.9. The van der Waals surface area contributed by atoms with Crippen molar-refractivity contribution in [3.05, 3.63) is 91.0 Å². The zero-order chi connectivity index (χ0) is 45.2. The highest BCUT2D eigenvalue weighted by Gasteiger charge is 2.39. The van der Waals surface area contributed by atoms with Crippen molar-refractivity contribution in [2.24, 2.45) is 0 Å². The van der Waals surface area contributed by atoms with Gasteiger partial charge in [-0.1, -0.05) is 60.7 Å². The van der Waals surface area contributed by atoms with E-state index in [0.717, 1.165) is 28.8 Å². The molecule has 10 aromatic carbocycles. The maximum absolute atomic E-state index is 12.2. The van der Waals surface area contributed by atoms with Crippen molar-refractivity contribution < 1.29 is 70.8 Å². The quantitative estimate of drug-likeness (QED) is 0.0336. The topological polar surface area (TPSA) is 276 Å². The minimum absolute atomic E-state index is 0.186. The Morgan fingerprint density at radius 2 is 0.815 bits per heavy atom. The van der Waals surface area contributed by atoms with Gasteiger partial charge in [0.2, 0.25) is 30.3 Å². The molecule has 1 aromatic heterocycles. The van der Waals surface area contributed by atoms with Gasteiger partial charge >= 0.3 is 0 Å². The highest BCUT2D eigenvalue weighted by Crippen LogP contribution is 2.63. The molecular weight excluding hydrogens is 835 g/mol. The molecule has 0 saturated carbocycles. The number of phenols is 13. The molecule has 12 rings (SSSR count). The molecule has 1 aliphatic rings. The molecule has 0 amide bonds. The second-order valence-corrected chi connectivity index (χ2v) is 16.1. The molecule has 15 heteroatoms. The van der Waals surface area contributed by atoms with E-state index in [1.54, 1.807) is 30.3 Å². The van der Waals surface area contributed by atoms with Gasteiger partial charge in [-0.2, -0.15) is 0 Å². The monoisotopic (exact) mass is 863 g/mol. The van der Waals surface area contributed by atoms with Crippen LogP contribution in [-0.4, -0.2) is 73.7 Å². The van der Waals surface area contributed by atoms with Crippen molar-refractivity contribution in [3.8, 4) is 108 Å². The number of aromatic hydroxyl groups is 13. The molecule has 65 heavy (non-hydrogen) atoms. The molecule has 2 heterocycles. The molecule has 0 fully saturated rings. The molecule has 315 valence electrons. The Morgan fingerprint density at radius 1 is 0.308 bits per heavy atom. The normalized spacial score (nSPS) is 12.3. The number of fused-ring (bicyclic) bond motifs is 9. The van der Waals surface area contributed by atoms with Gasteiger partial charge in [0.1, 0.15) is 11.2 Å². The van der Waals surface area contributed by atoms with Crippen LogP contribution in [0.2, 0.25) is 0 Å². The highest BCUT2D eigenvalue weighted by atomic mass is 16.4. The van der Waals surface area contributed by atoms with E-state index in [9.17, 15) is 66.4 Å². The Hall–Kier alpha value is -9.24. The summed E-state index contributed by atoms with van der Waals surface area (Å²) < 4.78 is 6.26. The standard InChI is InChI=1S/C50H28BO14/c52-38-31-27(22-15-19(13-18-6-2-3-7-20(18)22)17-10-11-24-23(14-17)26-21-8-4-1-5-16(21)9-12-25(26)65-24)32-34(41(55)50(64)49(63)39(32)53)28-29(31)36(44(58)47(38)61)51-37-30-33(28)40(54)46(60)42(56)35(30)43(57)48(62)45(37)59/h1-15,52-64H. The van der Waals surface area contributed by atoms with Crippen molar-refractivity contribution in [1.82, 2.24) is 0 Å². The molecule has 0 unspecified atom stereocenters. The van der Waals surface area contributed by atoms with Crippen LogP contribution in [0.15, 0.2) is 95.4 Å². The van der Waals surface area contributed by atoms with Crippen molar-refractivity contribution in [2.75, 3.05) is 0 Å². The predicted octanol–water partition coefficient (Wildman–Crippen LogP) is 8.49. The molecular formula is C50H28BO14. The molecule has 14 nitrogen and oxygen atoms in total. The van der Waals surface area contributed by atoms with E-state index >= 15 is 0 Å². The van der Waals surface area contributed by atoms with Crippen LogP contribution in [0, 0.1) is 0 Å². The molecule has 1 aliphatic heterocycles. The predicted molar refractivity (Wildman–Crippen MR) is 244 cm³/mol. The zero-order valence-electron chi connectivity index (χ0n) is 33.0. The summed E-state index contributed by atoms with van der Waals surface area (Å²) in [6.45, 7) is 0. The lowest BCUT2D eigenvalue weighted by Crippen LogP contribution is -2.28. The van der Waals surface area contributed by atoms with Gasteiger partial charge < -0.3 is 70.8 Å². The lowest BCUT2D eigenvalue weighted by Gasteiger charge is -2.24. The van der Waals surface area contributed by atoms with Gasteiger partial charge in [0.15, 0.2) is 51.7 Å². The van der Waals surface area contributed by atoms with Gasteiger partial charge in [0, 0.05) is 43.6 Å². The lowest BCUT2D eigenvalue weighted by molar-refractivity contribution is 0.351. The summed E-state index contributed by atoms with van der Waals surface area (Å²) in [6.07, 6.45) is 0. The van der Waals surface area contributed by atoms with Crippen LogP contribution < -0.4 is 10.9 Å². The van der Waals surface area contributed by atoms with E-state index in [2.05, 4.69) is 0 Å². The van der Waals surface area contributed by atoms with Crippen LogP contribution in [0.3, 0.4) is 0 Å². The number of benzene rings is 10. The van der Waals surface area contributed by atoms with E-state index in [-0.39, 0.29) is 16.5 Å². The fourth-order valence-corrected chi connectivity index (χ4v) is 9.95. The van der Waals surface area contributed by atoms with E-state index in [1.165, 1.54) is 0 Å². The van der Waals surface area contributed by atoms with Gasteiger partial charge in [-0.25, -0.2) is 0 Å². The van der Waals surface area contributed by atoms with E-state index < -0.39 is 124 Å². The van der Waals surface area contributed by atoms with Crippen LogP contribution in [0.25, 0.3) is 109 Å². The zero-order valence-corrected chi connectivity index (χ0v) is 33.0. The Kier molecular flexibility index (Phi) is 7.19. The molecule has 0 spiro atoms. The van der Waals surface area contributed by atoms with Crippen molar-refractivity contribution in [3.63, 3.8) is 0 Å². The van der Waals surface area contributed by atoms with Gasteiger partial charge in [-0.05, 0) is 90.3 Å². The largest absolute Gasteiger partial charge is 0.505 e. The Labute approximate surface area is 362 Å². The first kappa shape index (κ1) is 37.5. The summed E-state index contributed by atoms with van der Waals surface area (Å²) in [7, 11) is 0.999. The summed E-state index contributed by atoms with van der Waals surface area (Å²) >= 11 is 0. The van der Waals surface area contributed by atoms with Gasteiger partial charge in [0.25, 0.3) is 0 Å². The van der Waals surface area contributed by atoms with E-state index in [1.807, 2.05) is 60.7 Å². The molecule has 0 atom stereocenters. The Bertz CT molecular complexity index is 4070. The maximum Gasteiger partial charge on any atom is 0.204 e. The van der Waals surface area contributed by atoms with Crippen LogP contribution in [0.4, 0.5) is 0 Å². The number of rotatable bonds is 2. The fourth-order valence-electron chi connectivity index (χ4n) is 9.95. The molecule has 11 aromatic rings. The van der Waals surface area contributed by atoms with E-state index in [0.29, 0.717) is 33.1 Å². The van der Waals surface area contributed by atoms with Gasteiger partial charge in [0.05, 0.1) is 5.39 Å². The number of hydrogen-bond acceptors (Lipinski definition) is 14. The molecule has 1 radical (unpaired) electrons. The fraction of sp³-hybridized carbons (Fsp3) is 0. The van der Waals surface area contributed by atoms with Crippen molar-refractivity contribution >= 4 is 94.0 Å².